The summed E-state index contributed by atoms with van der Waals surface area (Å²) in [4.78, 5) is 8.81. The summed E-state index contributed by atoms with van der Waals surface area (Å²) in [5, 5.41) is 4.08. The lowest BCUT2D eigenvalue weighted by Crippen LogP contribution is -1.95. The first-order chi connectivity index (χ1) is 6.75. The van der Waals surface area contributed by atoms with E-state index < -0.39 is 0 Å². The van der Waals surface area contributed by atoms with E-state index in [4.69, 9.17) is 5.73 Å². The molecule has 0 saturated heterocycles. The number of nitrogen functional groups attached to an aromatic ring is 1. The predicted octanol–water partition coefficient (Wildman–Crippen LogP) is 0.823. The van der Waals surface area contributed by atoms with E-state index >= 15 is 0 Å². The topological polar surface area (TPSA) is 69.6 Å². The van der Waals surface area contributed by atoms with E-state index in [9.17, 15) is 0 Å². The van der Waals surface area contributed by atoms with Crippen molar-refractivity contribution in [2.24, 2.45) is 7.05 Å². The summed E-state index contributed by atoms with van der Waals surface area (Å²) >= 11 is 0. The smallest absolute Gasteiger partial charge is 0.179 e. The number of nitrogens with zero attached hydrogens (tertiary/aromatic N) is 4. The Morgan fingerprint density at radius 1 is 1.50 bits per heavy atom. The molecule has 2 N–H and O–H groups in total. The van der Waals surface area contributed by atoms with Crippen molar-refractivity contribution in [1.29, 1.82) is 0 Å². The Morgan fingerprint density at radius 3 is 3.00 bits per heavy atom. The highest BCUT2D eigenvalue weighted by atomic mass is 15.3. The van der Waals surface area contributed by atoms with Crippen LogP contribution in [-0.2, 0) is 7.05 Å². The molecule has 0 unspecified atom stereocenters. The van der Waals surface area contributed by atoms with Crippen LogP contribution in [-0.4, -0.2) is 19.7 Å². The fourth-order valence-corrected chi connectivity index (χ4v) is 1.63. The van der Waals surface area contributed by atoms with Crippen molar-refractivity contribution in [1.82, 2.24) is 19.7 Å². The molecule has 0 aliphatic heterocycles. The minimum atomic E-state index is 0.456. The number of aromatic nitrogens is 4. The summed E-state index contributed by atoms with van der Waals surface area (Å²) in [6, 6.07) is 0. The molecule has 0 aromatic carbocycles. The lowest BCUT2D eigenvalue weighted by Gasteiger charge is -1.97. The number of rotatable bonds is 1. The maximum atomic E-state index is 5.68. The normalized spacial score (nSPS) is 16.4. The molecule has 1 aliphatic carbocycles. The van der Waals surface area contributed by atoms with Gasteiger partial charge in [-0.25, -0.2) is 14.6 Å². The number of hydrogen-bond donors (Lipinski definition) is 1. The Bertz CT molecular complexity index is 497. The Balaban J connectivity index is 2.26. The van der Waals surface area contributed by atoms with Gasteiger partial charge in [-0.15, -0.1) is 0 Å². The molecule has 5 nitrogen and oxygen atoms in total. The summed E-state index contributed by atoms with van der Waals surface area (Å²) in [5.41, 5.74) is 8.24. The molecule has 0 atom stereocenters. The first-order valence-electron chi connectivity index (χ1n) is 4.71. The molecule has 1 saturated carbocycles. The highest BCUT2D eigenvalue weighted by Gasteiger charge is 2.26. The molecule has 5 heteroatoms. The summed E-state index contributed by atoms with van der Waals surface area (Å²) in [6.07, 6.45) is 4.28. The molecule has 0 amide bonds. The van der Waals surface area contributed by atoms with E-state index in [0.717, 1.165) is 11.3 Å². The molecule has 14 heavy (non-hydrogen) atoms. The number of fused-ring (bicyclic) bond motifs is 1. The van der Waals surface area contributed by atoms with Crippen LogP contribution in [0.25, 0.3) is 11.2 Å². The van der Waals surface area contributed by atoms with Gasteiger partial charge in [0.2, 0.25) is 0 Å². The van der Waals surface area contributed by atoms with Crippen LogP contribution in [0.4, 0.5) is 5.82 Å². The maximum absolute atomic E-state index is 5.68. The molecule has 72 valence electrons. The van der Waals surface area contributed by atoms with Gasteiger partial charge in [0.05, 0.1) is 5.69 Å². The number of aryl methyl sites for hydroxylation is 1. The van der Waals surface area contributed by atoms with Crippen molar-refractivity contribution in [3.63, 3.8) is 0 Å². The van der Waals surface area contributed by atoms with Gasteiger partial charge >= 0.3 is 0 Å². The quantitative estimate of drug-likeness (QED) is 0.721. The van der Waals surface area contributed by atoms with Gasteiger partial charge < -0.3 is 5.73 Å². The molecule has 1 fully saturated rings. The van der Waals surface area contributed by atoms with Gasteiger partial charge in [-0.3, -0.25) is 0 Å². The van der Waals surface area contributed by atoms with Crippen LogP contribution in [0.2, 0.25) is 0 Å². The van der Waals surface area contributed by atoms with Crippen LogP contribution in [0.3, 0.4) is 0 Å². The van der Waals surface area contributed by atoms with Crippen molar-refractivity contribution >= 4 is 17.0 Å². The number of anilines is 1. The second kappa shape index (κ2) is 2.43. The maximum Gasteiger partial charge on any atom is 0.179 e. The zero-order chi connectivity index (χ0) is 9.71. The van der Waals surface area contributed by atoms with Crippen molar-refractivity contribution < 1.29 is 0 Å². The summed E-state index contributed by atoms with van der Waals surface area (Å²) in [5.74, 6) is 1.07. The second-order valence-electron chi connectivity index (χ2n) is 3.75. The second-order valence-corrected chi connectivity index (χ2v) is 3.75. The van der Waals surface area contributed by atoms with Gasteiger partial charge in [-0.1, -0.05) is 0 Å². The molecule has 0 radical (unpaired) electrons. The summed E-state index contributed by atoms with van der Waals surface area (Å²) in [6.45, 7) is 0. The lowest BCUT2D eigenvalue weighted by molar-refractivity contribution is 0.786. The largest absolute Gasteiger partial charge is 0.380 e. The highest BCUT2D eigenvalue weighted by Crippen LogP contribution is 2.39. The van der Waals surface area contributed by atoms with E-state index in [1.807, 2.05) is 13.2 Å². The molecule has 2 aromatic heterocycles. The minimum absolute atomic E-state index is 0.456. The Hall–Kier alpha value is -1.65. The van der Waals surface area contributed by atoms with E-state index in [1.54, 1.807) is 4.68 Å². The third-order valence-corrected chi connectivity index (χ3v) is 2.58. The fourth-order valence-electron chi connectivity index (χ4n) is 1.63. The molecular weight excluding hydrogens is 178 g/mol. The monoisotopic (exact) mass is 189 g/mol. The molecular formula is C9H11N5. The van der Waals surface area contributed by atoms with Crippen molar-refractivity contribution in [2.45, 2.75) is 18.8 Å². The van der Waals surface area contributed by atoms with Crippen LogP contribution in [0.5, 0.6) is 0 Å². The first-order valence-corrected chi connectivity index (χ1v) is 4.71. The Labute approximate surface area is 81.0 Å². The van der Waals surface area contributed by atoms with Gasteiger partial charge in [0, 0.05) is 19.2 Å². The Kier molecular flexibility index (Phi) is 1.34. The zero-order valence-corrected chi connectivity index (χ0v) is 7.94. The van der Waals surface area contributed by atoms with E-state index in [-0.39, 0.29) is 0 Å². The van der Waals surface area contributed by atoms with Gasteiger partial charge in [-0.2, -0.15) is 5.10 Å². The standard InChI is InChI=1S/C9H11N5/c1-14-9-7(8(10)13-14)11-4-6(12-9)5-2-3-5/h4-5H,2-3H2,1H3,(H2,10,13). The van der Waals surface area contributed by atoms with E-state index in [0.29, 0.717) is 17.3 Å². The van der Waals surface area contributed by atoms with Crippen molar-refractivity contribution in [3.05, 3.63) is 11.9 Å². The van der Waals surface area contributed by atoms with Crippen LogP contribution in [0.1, 0.15) is 24.5 Å². The van der Waals surface area contributed by atoms with Crippen LogP contribution in [0, 0.1) is 0 Å². The molecule has 0 bridgehead atoms. The van der Waals surface area contributed by atoms with Crippen LogP contribution >= 0.6 is 0 Å². The van der Waals surface area contributed by atoms with Crippen LogP contribution < -0.4 is 5.73 Å². The third kappa shape index (κ3) is 0.982. The average molecular weight is 189 g/mol. The van der Waals surface area contributed by atoms with Crippen LogP contribution in [0.15, 0.2) is 6.20 Å². The number of nitrogens with two attached hydrogens (primary N) is 1. The molecule has 2 heterocycles. The van der Waals surface area contributed by atoms with E-state index in [1.165, 1.54) is 12.8 Å². The Morgan fingerprint density at radius 2 is 2.29 bits per heavy atom. The predicted molar refractivity (Wildman–Crippen MR) is 52.7 cm³/mol. The molecule has 0 spiro atoms. The number of hydrogen-bond acceptors (Lipinski definition) is 4. The van der Waals surface area contributed by atoms with Crippen molar-refractivity contribution in [3.8, 4) is 0 Å². The zero-order valence-electron chi connectivity index (χ0n) is 7.94. The highest BCUT2D eigenvalue weighted by molar-refractivity contribution is 5.81. The average Bonchev–Trinajstić information content (AvgIpc) is 2.96. The molecule has 2 aromatic rings. The van der Waals surface area contributed by atoms with Crippen molar-refractivity contribution in [2.75, 3.05) is 5.73 Å². The summed E-state index contributed by atoms with van der Waals surface area (Å²) < 4.78 is 1.68. The fraction of sp³-hybridized carbons (Fsp3) is 0.444. The SMILES string of the molecule is Cn1nc(N)c2ncc(C3CC3)nc21. The first kappa shape index (κ1) is 7.73. The van der Waals surface area contributed by atoms with Gasteiger partial charge in [0.15, 0.2) is 17.0 Å². The minimum Gasteiger partial charge on any atom is -0.380 e. The molecule has 3 rings (SSSR count). The summed E-state index contributed by atoms with van der Waals surface area (Å²) in [7, 11) is 1.84. The van der Waals surface area contributed by atoms with E-state index in [2.05, 4.69) is 15.1 Å². The third-order valence-electron chi connectivity index (χ3n) is 2.58. The van der Waals surface area contributed by atoms with Gasteiger partial charge in [0.1, 0.15) is 0 Å². The lowest BCUT2D eigenvalue weighted by atomic mass is 10.3. The van der Waals surface area contributed by atoms with Gasteiger partial charge in [0.25, 0.3) is 0 Å². The molecule has 1 aliphatic rings. The van der Waals surface area contributed by atoms with Gasteiger partial charge in [-0.05, 0) is 12.8 Å².